The van der Waals surface area contributed by atoms with Gasteiger partial charge in [-0.1, -0.05) is 29.8 Å². The van der Waals surface area contributed by atoms with Gasteiger partial charge in [-0.3, -0.25) is 14.5 Å². The third kappa shape index (κ3) is 6.33. The number of hydrogen-bond acceptors (Lipinski definition) is 4. The molecular formula is C26H33N3O3. The highest BCUT2D eigenvalue weighted by Gasteiger charge is 2.20. The van der Waals surface area contributed by atoms with Gasteiger partial charge in [0.2, 0.25) is 11.8 Å². The molecule has 0 unspecified atom stereocenters. The Labute approximate surface area is 190 Å². The van der Waals surface area contributed by atoms with E-state index in [1.165, 1.54) is 11.1 Å². The molecule has 2 aromatic rings. The highest BCUT2D eigenvalue weighted by atomic mass is 16.5. The number of rotatable bonds is 8. The van der Waals surface area contributed by atoms with Gasteiger partial charge in [0.05, 0.1) is 6.61 Å². The summed E-state index contributed by atoms with van der Waals surface area (Å²) in [6.07, 6.45) is 4.42. The normalized spacial score (nSPS) is 16.8. The van der Waals surface area contributed by atoms with Crippen LogP contribution in [0.15, 0.2) is 42.5 Å². The minimum absolute atomic E-state index is 0.0640. The molecule has 0 saturated carbocycles. The van der Waals surface area contributed by atoms with Crippen molar-refractivity contribution < 1.29 is 14.3 Å². The van der Waals surface area contributed by atoms with E-state index in [1.54, 1.807) is 0 Å². The first kappa shape index (κ1) is 22.3. The van der Waals surface area contributed by atoms with Gasteiger partial charge in [-0.05, 0) is 61.9 Å². The van der Waals surface area contributed by atoms with Gasteiger partial charge in [0, 0.05) is 44.2 Å². The fourth-order valence-electron chi connectivity index (χ4n) is 4.48. The Morgan fingerprint density at radius 2 is 2.00 bits per heavy atom. The molecular weight excluding hydrogens is 402 g/mol. The van der Waals surface area contributed by atoms with Crippen LogP contribution in [-0.2, 0) is 22.6 Å². The number of carbonyl (C=O) groups excluding carboxylic acids is 2. The molecule has 2 heterocycles. The monoisotopic (exact) mass is 435 g/mol. The van der Waals surface area contributed by atoms with Gasteiger partial charge in [-0.25, -0.2) is 0 Å². The third-order valence-corrected chi connectivity index (χ3v) is 6.23. The molecule has 0 bridgehead atoms. The Balaban J connectivity index is 1.11. The molecule has 0 atom stereocenters. The largest absolute Gasteiger partial charge is 0.494 e. The van der Waals surface area contributed by atoms with Crippen LogP contribution < -0.4 is 15.4 Å². The van der Waals surface area contributed by atoms with E-state index in [9.17, 15) is 9.59 Å². The van der Waals surface area contributed by atoms with Crippen molar-refractivity contribution in [2.45, 2.75) is 58.0 Å². The van der Waals surface area contributed by atoms with Crippen LogP contribution in [0, 0.1) is 6.92 Å². The highest BCUT2D eigenvalue weighted by molar-refractivity contribution is 5.94. The summed E-state index contributed by atoms with van der Waals surface area (Å²) in [6, 6.07) is 14.7. The lowest BCUT2D eigenvalue weighted by molar-refractivity contribution is -0.122. The van der Waals surface area contributed by atoms with Gasteiger partial charge in [0.25, 0.3) is 0 Å². The molecule has 2 aliphatic heterocycles. The van der Waals surface area contributed by atoms with Crippen LogP contribution in [0.4, 0.5) is 5.69 Å². The van der Waals surface area contributed by atoms with Gasteiger partial charge in [0.1, 0.15) is 5.75 Å². The first-order valence-corrected chi connectivity index (χ1v) is 11.7. The SMILES string of the molecule is Cc1cccc(CN2CCC(NC(=O)CCCOc3ccc4c(c3)CCC(=O)N4)CC2)c1. The van der Waals surface area contributed by atoms with Gasteiger partial charge >= 0.3 is 0 Å². The molecule has 1 saturated heterocycles. The number of anilines is 1. The molecule has 2 amide bonds. The summed E-state index contributed by atoms with van der Waals surface area (Å²) in [7, 11) is 0. The lowest BCUT2D eigenvalue weighted by atomic mass is 10.0. The molecule has 170 valence electrons. The number of carbonyl (C=O) groups is 2. The molecule has 1 fully saturated rings. The van der Waals surface area contributed by atoms with E-state index >= 15 is 0 Å². The zero-order chi connectivity index (χ0) is 22.3. The number of aryl methyl sites for hydroxylation is 2. The van der Waals surface area contributed by atoms with E-state index < -0.39 is 0 Å². The molecule has 0 aromatic heterocycles. The second-order valence-electron chi connectivity index (χ2n) is 8.93. The Bertz CT molecular complexity index is 951. The van der Waals surface area contributed by atoms with Crippen molar-refractivity contribution in [3.05, 3.63) is 59.2 Å². The number of nitrogens with zero attached hydrogens (tertiary/aromatic N) is 1. The Morgan fingerprint density at radius 1 is 1.16 bits per heavy atom. The summed E-state index contributed by atoms with van der Waals surface area (Å²) in [4.78, 5) is 26.2. The van der Waals surface area contributed by atoms with Crippen LogP contribution in [0.25, 0.3) is 0 Å². The molecule has 4 rings (SSSR count). The van der Waals surface area contributed by atoms with Crippen molar-refractivity contribution >= 4 is 17.5 Å². The van der Waals surface area contributed by atoms with Crippen molar-refractivity contribution in [1.82, 2.24) is 10.2 Å². The number of piperidine rings is 1. The van der Waals surface area contributed by atoms with Gasteiger partial charge in [0.15, 0.2) is 0 Å². The predicted molar refractivity (Wildman–Crippen MR) is 126 cm³/mol. The number of nitrogens with one attached hydrogen (secondary N) is 2. The van der Waals surface area contributed by atoms with Gasteiger partial charge < -0.3 is 15.4 Å². The number of fused-ring (bicyclic) bond motifs is 1. The number of ether oxygens (including phenoxy) is 1. The molecule has 32 heavy (non-hydrogen) atoms. The van der Waals surface area contributed by atoms with Crippen LogP contribution >= 0.6 is 0 Å². The van der Waals surface area contributed by atoms with Crippen LogP contribution in [-0.4, -0.2) is 42.5 Å². The van der Waals surface area contributed by atoms with Crippen LogP contribution in [0.1, 0.15) is 48.8 Å². The molecule has 0 spiro atoms. The lowest BCUT2D eigenvalue weighted by Crippen LogP contribution is -2.44. The number of likely N-dealkylation sites (tertiary alicyclic amines) is 1. The second-order valence-corrected chi connectivity index (χ2v) is 8.93. The fraction of sp³-hybridized carbons (Fsp3) is 0.462. The third-order valence-electron chi connectivity index (χ3n) is 6.23. The maximum atomic E-state index is 12.3. The van der Waals surface area contributed by atoms with Crippen LogP contribution in [0.2, 0.25) is 0 Å². The lowest BCUT2D eigenvalue weighted by Gasteiger charge is -2.32. The standard InChI is InChI=1S/C26H33N3O3/c1-19-4-2-5-20(16-19)18-29-13-11-22(12-14-29)27-25(30)6-3-15-32-23-8-9-24-21(17-23)7-10-26(31)28-24/h2,4-5,8-9,16-17,22H,3,6-7,10-15,18H2,1H3,(H,27,30)(H,28,31). The number of hydrogen-bond donors (Lipinski definition) is 2. The van der Waals surface area contributed by atoms with Crippen molar-refractivity contribution in [3.8, 4) is 5.75 Å². The minimum Gasteiger partial charge on any atom is -0.494 e. The zero-order valence-corrected chi connectivity index (χ0v) is 18.9. The van der Waals surface area contributed by atoms with Crippen molar-refractivity contribution in [1.29, 1.82) is 0 Å². The number of amides is 2. The maximum absolute atomic E-state index is 12.3. The minimum atomic E-state index is 0.0640. The molecule has 0 radical (unpaired) electrons. The Kier molecular flexibility index (Phi) is 7.43. The fourth-order valence-corrected chi connectivity index (χ4v) is 4.48. The molecule has 6 heteroatoms. The summed E-state index contributed by atoms with van der Waals surface area (Å²) in [6.45, 7) is 5.65. The van der Waals surface area contributed by atoms with Gasteiger partial charge in [-0.2, -0.15) is 0 Å². The van der Waals surface area contributed by atoms with Crippen molar-refractivity contribution in [2.24, 2.45) is 0 Å². The maximum Gasteiger partial charge on any atom is 0.224 e. The molecule has 2 aliphatic rings. The average Bonchev–Trinajstić information content (AvgIpc) is 2.78. The first-order valence-electron chi connectivity index (χ1n) is 11.7. The number of benzene rings is 2. The molecule has 2 aromatic carbocycles. The highest BCUT2D eigenvalue weighted by Crippen LogP contribution is 2.26. The smallest absolute Gasteiger partial charge is 0.224 e. The van der Waals surface area contributed by atoms with E-state index in [1.807, 2.05) is 18.2 Å². The Hall–Kier alpha value is -2.86. The Morgan fingerprint density at radius 3 is 2.81 bits per heavy atom. The van der Waals surface area contributed by atoms with E-state index in [4.69, 9.17) is 4.74 Å². The van der Waals surface area contributed by atoms with E-state index in [-0.39, 0.29) is 17.9 Å². The van der Waals surface area contributed by atoms with Gasteiger partial charge in [-0.15, -0.1) is 0 Å². The van der Waals surface area contributed by atoms with Crippen molar-refractivity contribution in [2.75, 3.05) is 25.0 Å². The zero-order valence-electron chi connectivity index (χ0n) is 18.9. The summed E-state index contributed by atoms with van der Waals surface area (Å²) >= 11 is 0. The van der Waals surface area contributed by atoms with E-state index in [0.29, 0.717) is 25.9 Å². The molecule has 0 aliphatic carbocycles. The summed E-state index contributed by atoms with van der Waals surface area (Å²) in [5.41, 5.74) is 4.64. The predicted octanol–water partition coefficient (Wildman–Crippen LogP) is 3.82. The molecule has 2 N–H and O–H groups in total. The first-order chi connectivity index (χ1) is 15.5. The average molecular weight is 436 g/mol. The summed E-state index contributed by atoms with van der Waals surface area (Å²) in [5, 5.41) is 6.07. The van der Waals surface area contributed by atoms with E-state index in [2.05, 4.69) is 46.7 Å². The summed E-state index contributed by atoms with van der Waals surface area (Å²) < 4.78 is 5.82. The molecule has 6 nitrogen and oxygen atoms in total. The van der Waals surface area contributed by atoms with Crippen LogP contribution in [0.5, 0.6) is 5.75 Å². The summed E-state index contributed by atoms with van der Waals surface area (Å²) in [5.74, 6) is 0.967. The van der Waals surface area contributed by atoms with E-state index in [0.717, 1.165) is 55.9 Å². The topological polar surface area (TPSA) is 70.7 Å². The van der Waals surface area contributed by atoms with Crippen molar-refractivity contribution in [3.63, 3.8) is 0 Å². The quantitative estimate of drug-likeness (QED) is 0.619. The van der Waals surface area contributed by atoms with Crippen LogP contribution in [0.3, 0.4) is 0 Å². The second kappa shape index (κ2) is 10.6.